The van der Waals surface area contributed by atoms with E-state index >= 15 is 0 Å². The molecule has 0 saturated carbocycles. The highest BCUT2D eigenvalue weighted by molar-refractivity contribution is 14.1. The summed E-state index contributed by atoms with van der Waals surface area (Å²) in [5.41, 5.74) is 0.930. The lowest BCUT2D eigenvalue weighted by molar-refractivity contribution is -0.121. The summed E-state index contributed by atoms with van der Waals surface area (Å²) in [6.07, 6.45) is 1.74. The molecule has 1 aliphatic heterocycles. The van der Waals surface area contributed by atoms with Gasteiger partial charge in [-0.3, -0.25) is 14.5 Å². The van der Waals surface area contributed by atoms with Crippen LogP contribution >= 0.6 is 34.4 Å². The van der Waals surface area contributed by atoms with Crippen molar-refractivity contribution >= 4 is 51.6 Å². The number of hydrogen-bond donors (Lipinski definition) is 0. The van der Waals surface area contributed by atoms with Crippen LogP contribution in [0.5, 0.6) is 0 Å². The van der Waals surface area contributed by atoms with Gasteiger partial charge in [-0.05, 0) is 58.1 Å². The van der Waals surface area contributed by atoms with Crippen molar-refractivity contribution in [1.82, 2.24) is 4.90 Å². The second-order valence-corrected chi connectivity index (χ2v) is 5.53. The number of carbonyl (C=O) groups excluding carboxylic acids is 2. The Morgan fingerprint density at radius 3 is 2.38 bits per heavy atom. The minimum Gasteiger partial charge on any atom is -0.272 e. The summed E-state index contributed by atoms with van der Waals surface area (Å²) in [7, 11) is 1.49. The lowest BCUT2D eigenvalue weighted by Crippen LogP contribution is -2.22. The van der Waals surface area contributed by atoms with E-state index in [0.29, 0.717) is 4.91 Å². The van der Waals surface area contributed by atoms with E-state index in [1.807, 2.05) is 24.3 Å². The van der Waals surface area contributed by atoms with Gasteiger partial charge in [-0.1, -0.05) is 12.1 Å². The molecule has 0 spiro atoms. The summed E-state index contributed by atoms with van der Waals surface area (Å²) in [5, 5.41) is -0.221. The molecule has 0 unspecified atom stereocenters. The summed E-state index contributed by atoms with van der Waals surface area (Å²) in [6.45, 7) is 0. The van der Waals surface area contributed by atoms with E-state index < -0.39 is 0 Å². The van der Waals surface area contributed by atoms with E-state index in [1.165, 1.54) is 7.05 Å². The van der Waals surface area contributed by atoms with Crippen molar-refractivity contribution < 1.29 is 9.59 Å². The number of halogens is 1. The second kappa shape index (κ2) is 4.58. The van der Waals surface area contributed by atoms with Crippen LogP contribution in [0.25, 0.3) is 6.08 Å². The highest BCUT2D eigenvalue weighted by atomic mass is 127. The Morgan fingerprint density at radius 2 is 1.88 bits per heavy atom. The van der Waals surface area contributed by atoms with Gasteiger partial charge in [0.25, 0.3) is 11.1 Å². The summed E-state index contributed by atoms with van der Waals surface area (Å²) in [5.74, 6) is -0.228. The van der Waals surface area contributed by atoms with Gasteiger partial charge in [0.15, 0.2) is 0 Å². The molecule has 1 saturated heterocycles. The van der Waals surface area contributed by atoms with Crippen molar-refractivity contribution in [1.29, 1.82) is 0 Å². The van der Waals surface area contributed by atoms with E-state index in [4.69, 9.17) is 0 Å². The molecule has 5 heteroatoms. The minimum atomic E-state index is -0.228. The van der Waals surface area contributed by atoms with Gasteiger partial charge in [-0.2, -0.15) is 0 Å². The van der Waals surface area contributed by atoms with Gasteiger partial charge in [0.1, 0.15) is 0 Å². The molecule has 2 amide bonds. The normalized spacial score (nSPS) is 18.6. The fourth-order valence-electron chi connectivity index (χ4n) is 1.26. The Hall–Kier alpha value is -0.820. The number of benzene rings is 1. The van der Waals surface area contributed by atoms with Crippen LogP contribution in [0.1, 0.15) is 5.56 Å². The van der Waals surface area contributed by atoms with Crippen molar-refractivity contribution in [2.24, 2.45) is 0 Å². The molecule has 0 bridgehead atoms. The minimum absolute atomic E-state index is 0.221. The Bertz CT molecular complexity index is 481. The molecule has 1 heterocycles. The maximum Gasteiger partial charge on any atom is 0.293 e. The molecule has 1 aliphatic rings. The molecule has 0 N–H and O–H groups in total. The average molecular weight is 345 g/mol. The number of thioether (sulfide) groups is 1. The summed E-state index contributed by atoms with van der Waals surface area (Å²) in [4.78, 5) is 24.5. The van der Waals surface area contributed by atoms with Crippen LogP contribution < -0.4 is 0 Å². The quantitative estimate of drug-likeness (QED) is 0.580. The molecular weight excluding hydrogens is 337 g/mol. The zero-order chi connectivity index (χ0) is 11.7. The molecule has 82 valence electrons. The number of rotatable bonds is 1. The van der Waals surface area contributed by atoms with Crippen LogP contribution in [0.4, 0.5) is 4.79 Å². The van der Waals surface area contributed by atoms with Crippen molar-refractivity contribution in [3.8, 4) is 0 Å². The third-order valence-electron chi connectivity index (χ3n) is 2.15. The van der Waals surface area contributed by atoms with Gasteiger partial charge in [0.05, 0.1) is 4.91 Å². The Balaban J connectivity index is 2.29. The molecule has 1 aromatic rings. The monoisotopic (exact) mass is 345 g/mol. The zero-order valence-corrected chi connectivity index (χ0v) is 11.4. The molecular formula is C11H8INO2S. The van der Waals surface area contributed by atoms with E-state index in [0.717, 1.165) is 25.8 Å². The second-order valence-electron chi connectivity index (χ2n) is 3.29. The van der Waals surface area contributed by atoms with Crippen LogP contribution in [0.3, 0.4) is 0 Å². The van der Waals surface area contributed by atoms with Crippen LogP contribution in [0.2, 0.25) is 0 Å². The molecule has 0 atom stereocenters. The number of amides is 2. The van der Waals surface area contributed by atoms with E-state index in [2.05, 4.69) is 22.6 Å². The Kier molecular flexibility index (Phi) is 3.34. The summed E-state index contributed by atoms with van der Waals surface area (Å²) < 4.78 is 1.14. The van der Waals surface area contributed by atoms with Gasteiger partial charge in [0, 0.05) is 10.6 Å². The first kappa shape index (κ1) is 11.7. The molecule has 1 fully saturated rings. The van der Waals surface area contributed by atoms with E-state index in [1.54, 1.807) is 6.08 Å². The summed E-state index contributed by atoms with van der Waals surface area (Å²) in [6, 6.07) is 7.77. The van der Waals surface area contributed by atoms with Crippen LogP contribution in [-0.2, 0) is 4.79 Å². The fourth-order valence-corrected chi connectivity index (χ4v) is 2.44. The number of hydrogen-bond acceptors (Lipinski definition) is 3. The third-order valence-corrected chi connectivity index (χ3v) is 3.83. The lowest BCUT2D eigenvalue weighted by Gasteiger charge is -2.01. The van der Waals surface area contributed by atoms with Crippen LogP contribution in [0, 0.1) is 3.57 Å². The Labute approximate surface area is 111 Å². The van der Waals surface area contributed by atoms with Gasteiger partial charge in [-0.15, -0.1) is 0 Å². The van der Waals surface area contributed by atoms with Gasteiger partial charge >= 0.3 is 0 Å². The smallest absolute Gasteiger partial charge is 0.272 e. The molecule has 16 heavy (non-hydrogen) atoms. The lowest BCUT2D eigenvalue weighted by atomic mass is 10.2. The average Bonchev–Trinajstić information content (AvgIpc) is 2.50. The van der Waals surface area contributed by atoms with Crippen LogP contribution in [0.15, 0.2) is 29.2 Å². The molecule has 0 aromatic heterocycles. The van der Waals surface area contributed by atoms with Gasteiger partial charge in [0.2, 0.25) is 0 Å². The predicted octanol–water partition coefficient (Wildman–Crippen LogP) is 2.96. The molecule has 1 aromatic carbocycles. The standard InChI is InChI=1S/C11H8INO2S/c1-13-10(14)9(16-11(13)15)6-7-2-4-8(12)5-3-7/h2-6H,1H3. The first-order chi connectivity index (χ1) is 7.58. The van der Waals surface area contributed by atoms with Crippen LogP contribution in [-0.4, -0.2) is 23.1 Å². The van der Waals surface area contributed by atoms with E-state index in [-0.39, 0.29) is 11.1 Å². The number of carbonyl (C=O) groups is 2. The van der Waals surface area contributed by atoms with Crippen molar-refractivity contribution in [2.75, 3.05) is 7.05 Å². The first-order valence-corrected chi connectivity index (χ1v) is 6.44. The molecule has 3 nitrogen and oxygen atoms in total. The SMILES string of the molecule is CN1C(=O)SC(=Cc2ccc(I)cc2)C1=O. The maximum absolute atomic E-state index is 11.6. The molecule has 0 aliphatic carbocycles. The topological polar surface area (TPSA) is 37.4 Å². The highest BCUT2D eigenvalue weighted by Gasteiger charge is 2.31. The van der Waals surface area contributed by atoms with E-state index in [9.17, 15) is 9.59 Å². The largest absolute Gasteiger partial charge is 0.293 e. The zero-order valence-electron chi connectivity index (χ0n) is 8.44. The fraction of sp³-hybridized carbons (Fsp3) is 0.0909. The van der Waals surface area contributed by atoms with Crippen molar-refractivity contribution in [3.63, 3.8) is 0 Å². The molecule has 2 rings (SSSR count). The number of nitrogens with zero attached hydrogens (tertiary/aromatic N) is 1. The summed E-state index contributed by atoms with van der Waals surface area (Å²) >= 11 is 3.19. The number of imide groups is 1. The van der Waals surface area contributed by atoms with Crippen molar-refractivity contribution in [2.45, 2.75) is 0 Å². The highest BCUT2D eigenvalue weighted by Crippen LogP contribution is 2.30. The predicted molar refractivity (Wildman–Crippen MR) is 72.9 cm³/mol. The third kappa shape index (κ3) is 2.30. The number of likely N-dealkylation sites (N-methyl/N-ethyl adjacent to an activating group) is 1. The Morgan fingerprint density at radius 1 is 1.25 bits per heavy atom. The van der Waals surface area contributed by atoms with Gasteiger partial charge in [-0.25, -0.2) is 0 Å². The van der Waals surface area contributed by atoms with Crippen molar-refractivity contribution in [3.05, 3.63) is 38.3 Å². The molecule has 0 radical (unpaired) electrons. The first-order valence-electron chi connectivity index (χ1n) is 4.55. The maximum atomic E-state index is 11.6. The van der Waals surface area contributed by atoms with Gasteiger partial charge < -0.3 is 0 Å².